The van der Waals surface area contributed by atoms with Gasteiger partial charge in [0.2, 0.25) is 11.8 Å². The highest BCUT2D eigenvalue weighted by Crippen LogP contribution is 1.97. The van der Waals surface area contributed by atoms with Gasteiger partial charge in [0.1, 0.15) is 0 Å². The SMILES string of the molecule is CCCCC(=O)NCc1nc(C)no1. The minimum Gasteiger partial charge on any atom is -0.347 e. The minimum atomic E-state index is 0.0303. The first-order valence-electron chi connectivity index (χ1n) is 4.78. The van der Waals surface area contributed by atoms with Crippen molar-refractivity contribution in [2.45, 2.75) is 39.7 Å². The van der Waals surface area contributed by atoms with Crippen LogP contribution in [-0.2, 0) is 11.3 Å². The van der Waals surface area contributed by atoms with Crippen LogP contribution in [0.25, 0.3) is 0 Å². The summed E-state index contributed by atoms with van der Waals surface area (Å²) in [6.07, 6.45) is 2.49. The predicted molar refractivity (Wildman–Crippen MR) is 50.4 cm³/mol. The number of carbonyl (C=O) groups excluding carboxylic acids is 1. The van der Waals surface area contributed by atoms with Gasteiger partial charge < -0.3 is 9.84 Å². The van der Waals surface area contributed by atoms with Crippen molar-refractivity contribution in [3.8, 4) is 0 Å². The van der Waals surface area contributed by atoms with Gasteiger partial charge in [-0.15, -0.1) is 0 Å². The molecule has 1 amide bonds. The van der Waals surface area contributed by atoms with Crippen LogP contribution in [0.2, 0.25) is 0 Å². The van der Waals surface area contributed by atoms with E-state index in [-0.39, 0.29) is 5.91 Å². The van der Waals surface area contributed by atoms with Crippen LogP contribution in [0.3, 0.4) is 0 Å². The maximum atomic E-state index is 11.2. The quantitative estimate of drug-likeness (QED) is 0.769. The van der Waals surface area contributed by atoms with Crippen molar-refractivity contribution in [3.63, 3.8) is 0 Å². The van der Waals surface area contributed by atoms with E-state index in [1.54, 1.807) is 6.92 Å². The van der Waals surface area contributed by atoms with Crippen molar-refractivity contribution >= 4 is 5.91 Å². The number of nitrogens with zero attached hydrogens (tertiary/aromatic N) is 2. The summed E-state index contributed by atoms with van der Waals surface area (Å²) in [5, 5.41) is 6.33. The fraction of sp³-hybridized carbons (Fsp3) is 0.667. The highest BCUT2D eigenvalue weighted by atomic mass is 16.5. The van der Waals surface area contributed by atoms with E-state index in [1.807, 2.05) is 0 Å². The Hall–Kier alpha value is -1.39. The maximum Gasteiger partial charge on any atom is 0.246 e. The second-order valence-corrected chi connectivity index (χ2v) is 3.12. The third-order valence-corrected chi connectivity index (χ3v) is 1.76. The first-order chi connectivity index (χ1) is 6.72. The predicted octanol–water partition coefficient (Wildman–Crippen LogP) is 1.18. The molecule has 0 aliphatic rings. The lowest BCUT2D eigenvalue weighted by atomic mass is 10.2. The molecule has 0 saturated heterocycles. The highest BCUT2D eigenvalue weighted by Gasteiger charge is 2.04. The lowest BCUT2D eigenvalue weighted by molar-refractivity contribution is -0.121. The van der Waals surface area contributed by atoms with Crippen molar-refractivity contribution in [2.75, 3.05) is 0 Å². The van der Waals surface area contributed by atoms with Crippen molar-refractivity contribution in [2.24, 2.45) is 0 Å². The fourth-order valence-corrected chi connectivity index (χ4v) is 1.01. The van der Waals surface area contributed by atoms with Gasteiger partial charge in [0.25, 0.3) is 0 Å². The zero-order valence-corrected chi connectivity index (χ0v) is 8.54. The Morgan fingerprint density at radius 1 is 1.57 bits per heavy atom. The summed E-state index contributed by atoms with van der Waals surface area (Å²) in [5.41, 5.74) is 0. The summed E-state index contributed by atoms with van der Waals surface area (Å²) in [6.45, 7) is 4.12. The molecular formula is C9H15N3O2. The second-order valence-electron chi connectivity index (χ2n) is 3.12. The Labute approximate surface area is 82.9 Å². The van der Waals surface area contributed by atoms with Crippen molar-refractivity contribution < 1.29 is 9.32 Å². The van der Waals surface area contributed by atoms with E-state index >= 15 is 0 Å². The molecular weight excluding hydrogens is 182 g/mol. The third-order valence-electron chi connectivity index (χ3n) is 1.76. The highest BCUT2D eigenvalue weighted by molar-refractivity contribution is 5.75. The van der Waals surface area contributed by atoms with Crippen LogP contribution < -0.4 is 5.32 Å². The molecule has 1 aromatic rings. The molecule has 0 saturated carbocycles. The standard InChI is InChI=1S/C9H15N3O2/c1-3-4-5-8(13)10-6-9-11-7(2)12-14-9/h3-6H2,1-2H3,(H,10,13). The van der Waals surface area contributed by atoms with Crippen LogP contribution in [0.1, 0.15) is 37.9 Å². The van der Waals surface area contributed by atoms with E-state index in [0.717, 1.165) is 12.8 Å². The van der Waals surface area contributed by atoms with Crippen LogP contribution in [-0.4, -0.2) is 16.0 Å². The van der Waals surface area contributed by atoms with Gasteiger partial charge in [-0.1, -0.05) is 18.5 Å². The summed E-state index contributed by atoms with van der Waals surface area (Å²) >= 11 is 0. The van der Waals surface area contributed by atoms with Crippen LogP contribution in [0.4, 0.5) is 0 Å². The van der Waals surface area contributed by atoms with Crippen LogP contribution in [0.5, 0.6) is 0 Å². The number of hydrogen-bond acceptors (Lipinski definition) is 4. The maximum absolute atomic E-state index is 11.2. The minimum absolute atomic E-state index is 0.0303. The van der Waals surface area contributed by atoms with Crippen molar-refractivity contribution in [1.82, 2.24) is 15.5 Å². The van der Waals surface area contributed by atoms with Gasteiger partial charge in [0, 0.05) is 6.42 Å². The second kappa shape index (κ2) is 5.36. The van der Waals surface area contributed by atoms with Crippen LogP contribution >= 0.6 is 0 Å². The average molecular weight is 197 g/mol. The van der Waals surface area contributed by atoms with E-state index < -0.39 is 0 Å². The summed E-state index contributed by atoms with van der Waals surface area (Å²) < 4.78 is 4.84. The number of unbranched alkanes of at least 4 members (excludes halogenated alkanes) is 1. The van der Waals surface area contributed by atoms with E-state index in [9.17, 15) is 4.79 Å². The number of nitrogens with one attached hydrogen (secondary N) is 1. The van der Waals surface area contributed by atoms with Gasteiger partial charge in [-0.05, 0) is 13.3 Å². The number of aromatic nitrogens is 2. The van der Waals surface area contributed by atoms with Gasteiger partial charge in [-0.25, -0.2) is 0 Å². The molecule has 0 fully saturated rings. The first-order valence-corrected chi connectivity index (χ1v) is 4.78. The third kappa shape index (κ3) is 3.55. The molecule has 1 aromatic heterocycles. The molecule has 78 valence electrons. The molecule has 0 unspecified atom stereocenters. The normalized spacial score (nSPS) is 10.1. The molecule has 1 N–H and O–H groups in total. The Bertz CT molecular complexity index is 296. The monoisotopic (exact) mass is 197 g/mol. The van der Waals surface area contributed by atoms with Gasteiger partial charge >= 0.3 is 0 Å². The Balaban J connectivity index is 2.23. The number of carbonyl (C=O) groups is 1. The van der Waals surface area contributed by atoms with Crippen LogP contribution in [0.15, 0.2) is 4.52 Å². The molecule has 0 bridgehead atoms. The molecule has 0 aliphatic carbocycles. The molecule has 0 radical (unpaired) electrons. The van der Waals surface area contributed by atoms with Gasteiger partial charge in [-0.3, -0.25) is 4.79 Å². The molecule has 0 aliphatic heterocycles. The molecule has 5 heteroatoms. The molecule has 5 nitrogen and oxygen atoms in total. The zero-order chi connectivity index (χ0) is 10.4. The smallest absolute Gasteiger partial charge is 0.246 e. The fourth-order valence-electron chi connectivity index (χ4n) is 1.01. The summed E-state index contributed by atoms with van der Waals surface area (Å²) in [6, 6.07) is 0. The number of rotatable bonds is 5. The number of amides is 1. The molecule has 1 rings (SSSR count). The van der Waals surface area contributed by atoms with E-state index in [0.29, 0.717) is 24.7 Å². The number of hydrogen-bond donors (Lipinski definition) is 1. The summed E-state index contributed by atoms with van der Waals surface area (Å²) in [5.74, 6) is 1.07. The Morgan fingerprint density at radius 2 is 2.36 bits per heavy atom. The topological polar surface area (TPSA) is 68.0 Å². The van der Waals surface area contributed by atoms with Gasteiger partial charge in [-0.2, -0.15) is 4.98 Å². The zero-order valence-electron chi connectivity index (χ0n) is 8.54. The van der Waals surface area contributed by atoms with Gasteiger partial charge in [0.15, 0.2) is 5.82 Å². The Kier molecular flexibility index (Phi) is 4.10. The first kappa shape index (κ1) is 10.7. The van der Waals surface area contributed by atoms with E-state index in [1.165, 1.54) is 0 Å². The van der Waals surface area contributed by atoms with E-state index in [2.05, 4.69) is 22.4 Å². The molecule has 14 heavy (non-hydrogen) atoms. The van der Waals surface area contributed by atoms with Crippen molar-refractivity contribution in [1.29, 1.82) is 0 Å². The largest absolute Gasteiger partial charge is 0.347 e. The van der Waals surface area contributed by atoms with E-state index in [4.69, 9.17) is 4.52 Å². The summed E-state index contributed by atoms with van der Waals surface area (Å²) in [4.78, 5) is 15.2. The number of aryl methyl sites for hydroxylation is 1. The average Bonchev–Trinajstić information content (AvgIpc) is 2.58. The molecule has 0 aromatic carbocycles. The molecule has 0 spiro atoms. The van der Waals surface area contributed by atoms with Gasteiger partial charge in [0.05, 0.1) is 6.54 Å². The Morgan fingerprint density at radius 3 is 2.93 bits per heavy atom. The van der Waals surface area contributed by atoms with Crippen LogP contribution in [0, 0.1) is 6.92 Å². The molecule has 1 heterocycles. The summed E-state index contributed by atoms with van der Waals surface area (Å²) in [7, 11) is 0. The van der Waals surface area contributed by atoms with Crippen molar-refractivity contribution in [3.05, 3.63) is 11.7 Å². The lowest BCUT2D eigenvalue weighted by Crippen LogP contribution is -2.22. The molecule has 0 atom stereocenters. The lowest BCUT2D eigenvalue weighted by Gasteiger charge is -1.99.